The third-order valence-corrected chi connectivity index (χ3v) is 6.12. The van der Waals surface area contributed by atoms with E-state index in [1.807, 2.05) is 16.2 Å². The lowest BCUT2D eigenvalue weighted by molar-refractivity contribution is -0.136. The number of ether oxygens (including phenoxy) is 1. The summed E-state index contributed by atoms with van der Waals surface area (Å²) in [5.74, 6) is 0.271. The van der Waals surface area contributed by atoms with Crippen molar-refractivity contribution in [3.05, 3.63) is 21.9 Å². The molecule has 0 aromatic carbocycles. The van der Waals surface area contributed by atoms with Crippen LogP contribution in [0.25, 0.3) is 0 Å². The summed E-state index contributed by atoms with van der Waals surface area (Å²) in [6.45, 7) is 10.4. The van der Waals surface area contributed by atoms with Gasteiger partial charge >= 0.3 is 0 Å². The fourth-order valence-corrected chi connectivity index (χ4v) is 4.64. The van der Waals surface area contributed by atoms with E-state index in [1.54, 1.807) is 0 Å². The van der Waals surface area contributed by atoms with Gasteiger partial charge in [-0.05, 0) is 56.7 Å². The Morgan fingerprint density at radius 2 is 2.35 bits per heavy atom. The van der Waals surface area contributed by atoms with E-state index in [1.165, 1.54) is 10.4 Å². The van der Waals surface area contributed by atoms with Crippen LogP contribution < -0.4 is 0 Å². The van der Waals surface area contributed by atoms with Gasteiger partial charge < -0.3 is 9.64 Å². The number of likely N-dealkylation sites (N-methyl/N-ethyl adjacent to an activating group) is 1. The van der Waals surface area contributed by atoms with Crippen LogP contribution in [-0.4, -0.2) is 53.6 Å². The molecule has 1 saturated heterocycles. The maximum absolute atomic E-state index is 12.8. The first-order valence-corrected chi connectivity index (χ1v) is 9.57. The molecule has 0 saturated carbocycles. The molecule has 0 aliphatic carbocycles. The second-order valence-corrected chi connectivity index (χ2v) is 8.25. The van der Waals surface area contributed by atoms with E-state index in [-0.39, 0.29) is 11.5 Å². The van der Waals surface area contributed by atoms with Gasteiger partial charge in [0.25, 0.3) is 0 Å². The molecule has 4 nitrogen and oxygen atoms in total. The highest BCUT2D eigenvalue weighted by atomic mass is 32.1. The number of carbonyl (C=O) groups excluding carboxylic acids is 1. The van der Waals surface area contributed by atoms with Crippen molar-refractivity contribution in [3.63, 3.8) is 0 Å². The zero-order valence-electron chi connectivity index (χ0n) is 14.5. The Bertz CT molecular complexity index is 555. The average Bonchev–Trinajstić information content (AvgIpc) is 2.98. The molecule has 128 valence electrons. The summed E-state index contributed by atoms with van der Waals surface area (Å²) in [4.78, 5) is 18.6. The number of fused-ring (bicyclic) bond motifs is 1. The van der Waals surface area contributed by atoms with Crippen LogP contribution in [0, 0.1) is 0 Å². The predicted molar refractivity (Wildman–Crippen MR) is 93.7 cm³/mol. The molecule has 0 radical (unpaired) electrons. The first kappa shape index (κ1) is 16.9. The van der Waals surface area contributed by atoms with Gasteiger partial charge in [0.1, 0.15) is 0 Å². The van der Waals surface area contributed by atoms with E-state index in [2.05, 4.69) is 37.1 Å². The summed E-state index contributed by atoms with van der Waals surface area (Å²) in [5.41, 5.74) is 1.26. The van der Waals surface area contributed by atoms with Crippen LogP contribution in [-0.2, 0) is 22.5 Å². The van der Waals surface area contributed by atoms with Crippen molar-refractivity contribution in [2.75, 3.05) is 26.2 Å². The van der Waals surface area contributed by atoms with Crippen LogP contribution in [0.5, 0.6) is 0 Å². The van der Waals surface area contributed by atoms with Gasteiger partial charge in [-0.15, -0.1) is 11.3 Å². The number of rotatable bonds is 4. The summed E-state index contributed by atoms with van der Waals surface area (Å²) < 4.78 is 5.82. The Morgan fingerprint density at radius 3 is 3.09 bits per heavy atom. The predicted octanol–water partition coefficient (Wildman–Crippen LogP) is 2.91. The van der Waals surface area contributed by atoms with Crippen LogP contribution in [0.2, 0.25) is 0 Å². The van der Waals surface area contributed by atoms with Gasteiger partial charge in [0.05, 0.1) is 12.1 Å². The maximum Gasteiger partial charge on any atom is 0.237 e. The Labute approximate surface area is 143 Å². The van der Waals surface area contributed by atoms with E-state index in [4.69, 9.17) is 4.74 Å². The van der Waals surface area contributed by atoms with Gasteiger partial charge in [-0.2, -0.15) is 0 Å². The van der Waals surface area contributed by atoms with Gasteiger partial charge in [-0.25, -0.2) is 0 Å². The van der Waals surface area contributed by atoms with Crippen molar-refractivity contribution < 1.29 is 9.53 Å². The molecule has 1 aromatic heterocycles. The molecule has 2 aliphatic heterocycles. The quantitative estimate of drug-likeness (QED) is 0.847. The van der Waals surface area contributed by atoms with Crippen molar-refractivity contribution in [1.29, 1.82) is 0 Å². The lowest BCUT2D eigenvalue weighted by Crippen LogP contribution is -2.50. The summed E-state index contributed by atoms with van der Waals surface area (Å²) in [7, 11) is 0. The molecule has 1 fully saturated rings. The first-order chi connectivity index (χ1) is 11.0. The molecule has 1 unspecified atom stereocenters. The molecule has 1 amide bonds. The molecule has 0 N–H and O–H groups in total. The smallest absolute Gasteiger partial charge is 0.237 e. The standard InChI is InChI=1S/C18H28N2O2S/c1-4-19(15-6-9-22-18(2,3)11-15)13-17(21)20-8-5-16-14(12-20)7-10-23-16/h7,10,15H,4-6,8-9,11-13H2,1-3H3. The third-order valence-electron chi connectivity index (χ3n) is 5.09. The highest BCUT2D eigenvalue weighted by molar-refractivity contribution is 7.10. The van der Waals surface area contributed by atoms with Crippen LogP contribution in [0.4, 0.5) is 0 Å². The molecule has 2 aliphatic rings. The molecular formula is C18H28N2O2S. The van der Waals surface area contributed by atoms with E-state index < -0.39 is 0 Å². The summed E-state index contributed by atoms with van der Waals surface area (Å²) >= 11 is 1.82. The molecule has 1 atom stereocenters. The van der Waals surface area contributed by atoms with Crippen LogP contribution in [0.1, 0.15) is 44.1 Å². The molecule has 1 aromatic rings. The molecular weight excluding hydrogens is 308 g/mol. The topological polar surface area (TPSA) is 32.8 Å². The first-order valence-electron chi connectivity index (χ1n) is 8.69. The minimum absolute atomic E-state index is 0.0733. The van der Waals surface area contributed by atoms with E-state index in [0.29, 0.717) is 12.6 Å². The summed E-state index contributed by atoms with van der Waals surface area (Å²) in [5, 5.41) is 2.14. The van der Waals surface area contributed by atoms with E-state index in [0.717, 1.165) is 45.5 Å². The van der Waals surface area contributed by atoms with Crippen LogP contribution >= 0.6 is 11.3 Å². The SMILES string of the molecule is CCN(CC(=O)N1CCc2sccc2C1)C1CCOC(C)(C)C1. The average molecular weight is 337 g/mol. The normalized spacial score (nSPS) is 23.8. The van der Waals surface area contributed by atoms with Gasteiger partial charge in [0.2, 0.25) is 5.91 Å². The Hall–Kier alpha value is -0.910. The molecule has 0 spiro atoms. The van der Waals surface area contributed by atoms with Crippen molar-refractivity contribution in [2.45, 2.75) is 58.2 Å². The molecule has 5 heteroatoms. The molecule has 3 heterocycles. The van der Waals surface area contributed by atoms with Crippen molar-refractivity contribution in [2.24, 2.45) is 0 Å². The van der Waals surface area contributed by atoms with E-state index >= 15 is 0 Å². The number of amides is 1. The largest absolute Gasteiger partial charge is 0.375 e. The van der Waals surface area contributed by atoms with E-state index in [9.17, 15) is 4.79 Å². The maximum atomic E-state index is 12.8. The third kappa shape index (κ3) is 3.95. The second kappa shape index (κ2) is 6.91. The van der Waals surface area contributed by atoms with Crippen LogP contribution in [0.15, 0.2) is 11.4 Å². The lowest BCUT2D eigenvalue weighted by atomic mass is 9.92. The summed E-state index contributed by atoms with van der Waals surface area (Å²) in [6, 6.07) is 2.62. The number of thiophene rings is 1. The van der Waals surface area contributed by atoms with Crippen molar-refractivity contribution in [3.8, 4) is 0 Å². The van der Waals surface area contributed by atoms with Crippen molar-refractivity contribution >= 4 is 17.2 Å². The second-order valence-electron chi connectivity index (χ2n) is 7.25. The zero-order chi connectivity index (χ0) is 16.4. The monoisotopic (exact) mass is 336 g/mol. The minimum Gasteiger partial charge on any atom is -0.375 e. The van der Waals surface area contributed by atoms with Gasteiger partial charge in [0.15, 0.2) is 0 Å². The Balaban J connectivity index is 1.60. The Morgan fingerprint density at radius 1 is 1.52 bits per heavy atom. The van der Waals surface area contributed by atoms with Gasteiger partial charge in [0, 0.05) is 30.6 Å². The molecule has 23 heavy (non-hydrogen) atoms. The lowest BCUT2D eigenvalue weighted by Gasteiger charge is -2.41. The fraction of sp³-hybridized carbons (Fsp3) is 0.722. The highest BCUT2D eigenvalue weighted by Gasteiger charge is 2.33. The number of carbonyl (C=O) groups is 1. The Kier molecular flexibility index (Phi) is 5.09. The van der Waals surface area contributed by atoms with Gasteiger partial charge in [-0.3, -0.25) is 9.69 Å². The fourth-order valence-electron chi connectivity index (χ4n) is 3.75. The zero-order valence-corrected chi connectivity index (χ0v) is 15.3. The van der Waals surface area contributed by atoms with Crippen LogP contribution in [0.3, 0.4) is 0 Å². The molecule has 3 rings (SSSR count). The molecule has 0 bridgehead atoms. The van der Waals surface area contributed by atoms with Crippen molar-refractivity contribution in [1.82, 2.24) is 9.80 Å². The minimum atomic E-state index is -0.0733. The summed E-state index contributed by atoms with van der Waals surface area (Å²) in [6.07, 6.45) is 3.04. The number of hydrogen-bond donors (Lipinski definition) is 0. The number of hydrogen-bond acceptors (Lipinski definition) is 4. The highest BCUT2D eigenvalue weighted by Crippen LogP contribution is 2.28. The number of nitrogens with zero attached hydrogens (tertiary/aromatic N) is 2. The van der Waals surface area contributed by atoms with Gasteiger partial charge in [-0.1, -0.05) is 6.92 Å².